The molecule has 0 heterocycles. The van der Waals surface area contributed by atoms with Crippen LogP contribution >= 0.6 is 11.6 Å². The molecule has 0 radical (unpaired) electrons. The van der Waals surface area contributed by atoms with Gasteiger partial charge < -0.3 is 4.74 Å². The molecule has 0 aliphatic carbocycles. The summed E-state index contributed by atoms with van der Waals surface area (Å²) in [5.74, 6) is -0.698. The van der Waals surface area contributed by atoms with Gasteiger partial charge in [-0.05, 0) is 73.5 Å². The number of esters is 1. The molecule has 0 saturated heterocycles. The van der Waals surface area contributed by atoms with Gasteiger partial charge in [-0.25, -0.2) is 13.8 Å². The Hall–Kier alpha value is -3.69. The summed E-state index contributed by atoms with van der Waals surface area (Å²) >= 11 is 6.23. The molecule has 0 bridgehead atoms. The van der Waals surface area contributed by atoms with Crippen molar-refractivity contribution in [3.63, 3.8) is 0 Å². The number of sulfonamides is 1. The molecule has 0 unspecified atom stereocenters. The van der Waals surface area contributed by atoms with E-state index in [-0.39, 0.29) is 10.6 Å². The standard InChI is InChI=1S/C25H24ClN3O5S/c1-17-4-12-23(13-5-17)35(32,33)29(21-9-6-18(2)24(26)14-21)16-25(31)28-27-15-20-7-10-22(11-8-20)34-19(3)30/h4-15H,16H2,1-3H3,(H,28,31)/b27-15-. The number of hydrogen-bond donors (Lipinski definition) is 1. The zero-order valence-corrected chi connectivity index (χ0v) is 20.9. The topological polar surface area (TPSA) is 105 Å². The minimum Gasteiger partial charge on any atom is -0.427 e. The highest BCUT2D eigenvalue weighted by Gasteiger charge is 2.27. The smallest absolute Gasteiger partial charge is 0.308 e. The second-order valence-electron chi connectivity index (χ2n) is 7.71. The fourth-order valence-corrected chi connectivity index (χ4v) is 4.61. The lowest BCUT2D eigenvalue weighted by atomic mass is 10.2. The Morgan fingerprint density at radius 1 is 1.03 bits per heavy atom. The highest BCUT2D eigenvalue weighted by Crippen LogP contribution is 2.28. The van der Waals surface area contributed by atoms with E-state index in [0.29, 0.717) is 16.3 Å². The van der Waals surface area contributed by atoms with Crippen molar-refractivity contribution >= 4 is 45.4 Å². The maximum atomic E-state index is 13.4. The second kappa shape index (κ2) is 11.2. The Balaban J connectivity index is 1.80. The van der Waals surface area contributed by atoms with Crippen LogP contribution in [-0.2, 0) is 19.6 Å². The number of hydrazone groups is 1. The van der Waals surface area contributed by atoms with E-state index in [9.17, 15) is 18.0 Å². The zero-order chi connectivity index (χ0) is 25.6. The fraction of sp³-hybridized carbons (Fsp3) is 0.160. The molecule has 8 nitrogen and oxygen atoms in total. The molecule has 3 rings (SSSR count). The number of nitrogens with one attached hydrogen (secondary N) is 1. The van der Waals surface area contributed by atoms with Crippen LogP contribution in [0.3, 0.4) is 0 Å². The predicted molar refractivity (Wildman–Crippen MR) is 135 cm³/mol. The van der Waals surface area contributed by atoms with Crippen LogP contribution < -0.4 is 14.5 Å². The molecular weight excluding hydrogens is 490 g/mol. The summed E-state index contributed by atoms with van der Waals surface area (Å²) in [5.41, 5.74) is 4.91. The lowest BCUT2D eigenvalue weighted by molar-refractivity contribution is -0.131. The van der Waals surface area contributed by atoms with Gasteiger partial charge in [-0.15, -0.1) is 0 Å². The molecule has 35 heavy (non-hydrogen) atoms. The number of rotatable bonds is 8. The lowest BCUT2D eigenvalue weighted by Crippen LogP contribution is -2.39. The van der Waals surface area contributed by atoms with E-state index in [4.69, 9.17) is 16.3 Å². The van der Waals surface area contributed by atoms with Crippen LogP contribution in [0.4, 0.5) is 5.69 Å². The summed E-state index contributed by atoms with van der Waals surface area (Å²) in [6, 6.07) is 17.6. The highest BCUT2D eigenvalue weighted by molar-refractivity contribution is 7.92. The first-order chi connectivity index (χ1) is 16.6. The number of nitrogens with zero attached hydrogens (tertiary/aromatic N) is 2. The molecular formula is C25H24ClN3O5S. The van der Waals surface area contributed by atoms with E-state index >= 15 is 0 Å². The van der Waals surface area contributed by atoms with E-state index in [1.165, 1.54) is 31.3 Å². The quantitative estimate of drug-likeness (QED) is 0.210. The summed E-state index contributed by atoms with van der Waals surface area (Å²) < 4.78 is 32.8. The van der Waals surface area contributed by atoms with Crippen molar-refractivity contribution in [2.75, 3.05) is 10.8 Å². The molecule has 0 fully saturated rings. The number of hydrogen-bond acceptors (Lipinski definition) is 6. The summed E-state index contributed by atoms with van der Waals surface area (Å²) in [4.78, 5) is 23.7. The zero-order valence-electron chi connectivity index (χ0n) is 19.4. The van der Waals surface area contributed by atoms with Crippen molar-refractivity contribution in [1.29, 1.82) is 0 Å². The van der Waals surface area contributed by atoms with Crippen molar-refractivity contribution in [1.82, 2.24) is 5.43 Å². The summed E-state index contributed by atoms with van der Waals surface area (Å²) in [7, 11) is -4.07. The Morgan fingerprint density at radius 3 is 2.29 bits per heavy atom. The van der Waals surface area contributed by atoms with Crippen LogP contribution in [0.2, 0.25) is 5.02 Å². The average Bonchev–Trinajstić information content (AvgIpc) is 2.80. The largest absolute Gasteiger partial charge is 0.427 e. The van der Waals surface area contributed by atoms with Crippen molar-refractivity contribution in [2.45, 2.75) is 25.7 Å². The number of amides is 1. The molecule has 0 aliphatic rings. The van der Waals surface area contributed by atoms with Gasteiger partial charge in [0.15, 0.2) is 0 Å². The number of carbonyl (C=O) groups is 2. The van der Waals surface area contributed by atoms with Crippen LogP contribution in [0.5, 0.6) is 5.75 Å². The van der Waals surface area contributed by atoms with Crippen LogP contribution in [0, 0.1) is 13.8 Å². The first-order valence-corrected chi connectivity index (χ1v) is 12.3. The van der Waals surface area contributed by atoms with Crippen LogP contribution in [0.1, 0.15) is 23.6 Å². The van der Waals surface area contributed by atoms with Crippen molar-refractivity contribution < 1.29 is 22.7 Å². The van der Waals surface area contributed by atoms with E-state index < -0.39 is 28.4 Å². The Kier molecular flexibility index (Phi) is 8.26. The molecule has 0 spiro atoms. The highest BCUT2D eigenvalue weighted by atomic mass is 35.5. The number of anilines is 1. The Labute approximate surface area is 209 Å². The number of halogens is 1. The van der Waals surface area contributed by atoms with Gasteiger partial charge in [-0.3, -0.25) is 13.9 Å². The number of carbonyl (C=O) groups excluding carboxylic acids is 2. The van der Waals surface area contributed by atoms with Crippen LogP contribution in [0.15, 0.2) is 76.7 Å². The predicted octanol–water partition coefficient (Wildman–Crippen LogP) is 4.23. The minimum absolute atomic E-state index is 0.0453. The second-order valence-corrected chi connectivity index (χ2v) is 9.98. The van der Waals surface area contributed by atoms with Crippen molar-refractivity contribution in [2.24, 2.45) is 5.10 Å². The molecule has 0 aliphatic heterocycles. The van der Waals surface area contributed by atoms with Gasteiger partial charge in [-0.1, -0.05) is 35.4 Å². The van der Waals surface area contributed by atoms with Crippen molar-refractivity contribution in [3.8, 4) is 5.75 Å². The summed E-state index contributed by atoms with van der Waals surface area (Å²) in [5, 5.41) is 4.27. The molecule has 0 atom stereocenters. The summed E-state index contributed by atoms with van der Waals surface area (Å²) in [6.07, 6.45) is 1.39. The van der Waals surface area contributed by atoms with Gasteiger partial charge in [0.2, 0.25) is 0 Å². The maximum Gasteiger partial charge on any atom is 0.308 e. The van der Waals surface area contributed by atoms with E-state index in [1.54, 1.807) is 55.5 Å². The number of ether oxygens (including phenoxy) is 1. The Morgan fingerprint density at radius 2 is 1.69 bits per heavy atom. The fourth-order valence-electron chi connectivity index (χ4n) is 3.02. The first kappa shape index (κ1) is 25.9. The van der Waals surface area contributed by atoms with E-state index in [2.05, 4.69) is 10.5 Å². The van der Waals surface area contributed by atoms with Gasteiger partial charge in [0, 0.05) is 11.9 Å². The lowest BCUT2D eigenvalue weighted by Gasteiger charge is -2.24. The van der Waals surface area contributed by atoms with Gasteiger partial charge in [0.25, 0.3) is 15.9 Å². The minimum atomic E-state index is -4.07. The molecule has 1 N–H and O–H groups in total. The van der Waals surface area contributed by atoms with Gasteiger partial charge in [0.05, 0.1) is 16.8 Å². The average molecular weight is 514 g/mol. The van der Waals surface area contributed by atoms with Crippen LogP contribution in [0.25, 0.3) is 0 Å². The molecule has 0 saturated carbocycles. The first-order valence-electron chi connectivity index (χ1n) is 10.5. The molecule has 10 heteroatoms. The Bertz CT molecular complexity index is 1350. The maximum absolute atomic E-state index is 13.4. The third-order valence-electron chi connectivity index (χ3n) is 4.88. The normalized spacial score (nSPS) is 11.3. The van der Waals surface area contributed by atoms with Gasteiger partial charge in [0.1, 0.15) is 12.3 Å². The molecule has 3 aromatic rings. The van der Waals surface area contributed by atoms with Gasteiger partial charge >= 0.3 is 5.97 Å². The number of benzene rings is 3. The third kappa shape index (κ3) is 6.91. The monoisotopic (exact) mass is 513 g/mol. The van der Waals surface area contributed by atoms with Crippen molar-refractivity contribution in [3.05, 3.63) is 88.4 Å². The molecule has 1 amide bonds. The third-order valence-corrected chi connectivity index (χ3v) is 7.08. The number of aryl methyl sites for hydroxylation is 2. The molecule has 3 aromatic carbocycles. The van der Waals surface area contributed by atoms with Crippen LogP contribution in [-0.4, -0.2) is 33.1 Å². The van der Waals surface area contributed by atoms with E-state index in [1.807, 2.05) is 6.92 Å². The van der Waals surface area contributed by atoms with E-state index in [0.717, 1.165) is 15.4 Å². The SMILES string of the molecule is CC(=O)Oc1ccc(/C=N\NC(=O)CN(c2ccc(C)c(Cl)c2)S(=O)(=O)c2ccc(C)cc2)cc1. The summed E-state index contributed by atoms with van der Waals surface area (Å²) in [6.45, 7) is 4.44. The van der Waals surface area contributed by atoms with Gasteiger partial charge in [-0.2, -0.15) is 5.10 Å². The molecule has 0 aromatic heterocycles. The molecule has 182 valence electrons.